The largest absolute Gasteiger partial charge is 0.421 e. The van der Waals surface area contributed by atoms with Crippen LogP contribution in [0.5, 0.6) is 0 Å². The number of nitrogens with one attached hydrogen (secondary N) is 1. The predicted octanol–water partition coefficient (Wildman–Crippen LogP) is 6.15. The molecule has 0 saturated carbocycles. The Hall–Kier alpha value is -3.32. The second-order valence-electron chi connectivity index (χ2n) is 5.58. The molecule has 1 N–H and O–H groups in total. The summed E-state index contributed by atoms with van der Waals surface area (Å²) in [6.07, 6.45) is 0. The fraction of sp³-hybridized carbons (Fsp3) is 0. The maximum absolute atomic E-state index is 5.58. The zero-order chi connectivity index (χ0) is 18.5. The molecule has 7 heteroatoms. The molecule has 0 spiro atoms. The third-order valence-corrected chi connectivity index (χ3v) is 4.21. The van der Waals surface area contributed by atoms with Gasteiger partial charge in [-0.1, -0.05) is 63.5 Å². The summed E-state index contributed by atoms with van der Waals surface area (Å²) in [5.74, 6) is 0.417. The van der Waals surface area contributed by atoms with Crippen LogP contribution in [0.15, 0.2) is 103 Å². The van der Waals surface area contributed by atoms with Gasteiger partial charge in [0.25, 0.3) is 0 Å². The summed E-state index contributed by atoms with van der Waals surface area (Å²) < 4.78 is 6.57. The van der Waals surface area contributed by atoms with Crippen molar-refractivity contribution in [2.45, 2.75) is 0 Å². The van der Waals surface area contributed by atoms with Gasteiger partial charge in [0.2, 0.25) is 5.84 Å². The van der Waals surface area contributed by atoms with Gasteiger partial charge in [0, 0.05) is 10.0 Å². The van der Waals surface area contributed by atoms with Crippen LogP contribution in [0.25, 0.3) is 11.1 Å². The summed E-state index contributed by atoms with van der Waals surface area (Å²) in [7, 11) is 0. The third kappa shape index (κ3) is 4.27. The van der Waals surface area contributed by atoms with E-state index in [4.69, 9.17) is 4.42 Å². The lowest BCUT2D eigenvalue weighted by Gasteiger charge is -2.03. The molecule has 1 heterocycles. The van der Waals surface area contributed by atoms with Gasteiger partial charge in [0.1, 0.15) is 5.52 Å². The normalized spacial score (nSPS) is 12.0. The van der Waals surface area contributed by atoms with E-state index in [0.717, 1.165) is 21.2 Å². The molecular weight excluding hydrogens is 406 g/mol. The van der Waals surface area contributed by atoms with Crippen molar-refractivity contribution in [2.75, 3.05) is 5.43 Å². The van der Waals surface area contributed by atoms with Crippen LogP contribution in [-0.4, -0.2) is 10.8 Å². The Morgan fingerprint density at radius 3 is 2.41 bits per heavy atom. The molecule has 6 nitrogen and oxygen atoms in total. The molecule has 4 aromatic rings. The van der Waals surface area contributed by atoms with Gasteiger partial charge in [-0.05, 0) is 36.4 Å². The average molecular weight is 420 g/mol. The van der Waals surface area contributed by atoms with Crippen molar-refractivity contribution in [3.05, 3.63) is 88.9 Å². The van der Waals surface area contributed by atoms with Crippen LogP contribution in [0.2, 0.25) is 0 Å². The number of hydrazone groups is 1. The maximum Gasteiger partial charge on any atom is 0.342 e. The number of azo groups is 1. The topological polar surface area (TPSA) is 75.1 Å². The van der Waals surface area contributed by atoms with Gasteiger partial charge < -0.3 is 4.42 Å². The fourth-order valence-corrected chi connectivity index (χ4v) is 2.63. The summed E-state index contributed by atoms with van der Waals surface area (Å²) in [4.78, 5) is 4.30. The predicted molar refractivity (Wildman–Crippen MR) is 109 cm³/mol. The van der Waals surface area contributed by atoms with Crippen molar-refractivity contribution >= 4 is 44.6 Å². The van der Waals surface area contributed by atoms with Gasteiger partial charge in [-0.15, -0.1) is 5.11 Å². The first kappa shape index (κ1) is 17.1. The number of fused-ring (bicyclic) bond motifs is 1. The lowest BCUT2D eigenvalue weighted by Crippen LogP contribution is -2.01. The molecular formula is C20H14BrN5O. The number of rotatable bonds is 4. The third-order valence-electron chi connectivity index (χ3n) is 3.68. The number of hydrogen-bond donors (Lipinski definition) is 1. The number of hydrogen-bond acceptors (Lipinski definition) is 5. The van der Waals surface area contributed by atoms with Crippen LogP contribution in [0.3, 0.4) is 0 Å². The molecule has 0 unspecified atom stereocenters. The average Bonchev–Trinajstić information content (AvgIpc) is 3.13. The molecule has 0 aliphatic rings. The summed E-state index contributed by atoms with van der Waals surface area (Å²) >= 11 is 3.41. The standard InChI is InChI=1S/C20H14BrN5O/c21-15-10-12-16(13-11-15)23-24-19(14-6-2-1-3-7-14)25-26-20-22-17-8-4-5-9-18(17)27-20/h1-13,23H/b24-19+,26-25?. The zero-order valence-electron chi connectivity index (χ0n) is 14.1. The maximum atomic E-state index is 5.58. The monoisotopic (exact) mass is 419 g/mol. The molecule has 4 rings (SSSR count). The van der Waals surface area contributed by atoms with E-state index in [-0.39, 0.29) is 6.01 Å². The van der Waals surface area contributed by atoms with Crippen molar-refractivity contribution in [3.63, 3.8) is 0 Å². The van der Waals surface area contributed by atoms with Gasteiger partial charge in [-0.25, -0.2) is 0 Å². The number of amidine groups is 1. The van der Waals surface area contributed by atoms with E-state index in [0.29, 0.717) is 11.4 Å². The Morgan fingerprint density at radius 2 is 1.63 bits per heavy atom. The van der Waals surface area contributed by atoms with Crippen LogP contribution in [0, 0.1) is 0 Å². The van der Waals surface area contributed by atoms with Gasteiger partial charge in [-0.2, -0.15) is 10.1 Å². The van der Waals surface area contributed by atoms with E-state index in [1.807, 2.05) is 78.9 Å². The summed E-state index contributed by atoms with van der Waals surface area (Å²) in [5, 5.41) is 12.7. The minimum Gasteiger partial charge on any atom is -0.421 e. The molecule has 0 aliphatic heterocycles. The van der Waals surface area contributed by atoms with Crippen LogP contribution in [0.4, 0.5) is 11.7 Å². The number of nitrogens with zero attached hydrogens (tertiary/aromatic N) is 4. The smallest absolute Gasteiger partial charge is 0.342 e. The van der Waals surface area contributed by atoms with E-state index in [1.54, 1.807) is 0 Å². The molecule has 3 aromatic carbocycles. The zero-order valence-corrected chi connectivity index (χ0v) is 15.7. The summed E-state index contributed by atoms with van der Waals surface area (Å²) in [6.45, 7) is 0. The van der Waals surface area contributed by atoms with E-state index < -0.39 is 0 Å². The summed E-state index contributed by atoms with van der Waals surface area (Å²) in [6, 6.07) is 24.9. The number of anilines is 1. The number of benzene rings is 3. The number of oxazole rings is 1. The van der Waals surface area contributed by atoms with Gasteiger partial charge >= 0.3 is 6.01 Å². The Labute approximate surface area is 163 Å². The molecule has 0 bridgehead atoms. The number of halogens is 1. The van der Waals surface area contributed by atoms with Gasteiger partial charge in [0.15, 0.2) is 5.58 Å². The lowest BCUT2D eigenvalue weighted by atomic mass is 10.2. The van der Waals surface area contributed by atoms with Crippen molar-refractivity contribution < 1.29 is 4.42 Å². The second kappa shape index (κ2) is 7.92. The van der Waals surface area contributed by atoms with Gasteiger partial charge in [-0.3, -0.25) is 5.43 Å². The van der Waals surface area contributed by atoms with E-state index in [1.165, 1.54) is 0 Å². The van der Waals surface area contributed by atoms with Crippen molar-refractivity contribution in [3.8, 4) is 0 Å². The first-order chi connectivity index (χ1) is 13.3. The summed E-state index contributed by atoms with van der Waals surface area (Å²) in [5.41, 5.74) is 6.05. The first-order valence-corrected chi connectivity index (χ1v) is 8.99. The lowest BCUT2D eigenvalue weighted by molar-refractivity contribution is 0.607. The molecule has 0 saturated heterocycles. The Bertz CT molecular complexity index is 1070. The molecule has 0 atom stereocenters. The first-order valence-electron chi connectivity index (χ1n) is 8.20. The molecule has 0 aliphatic carbocycles. The van der Waals surface area contributed by atoms with E-state index >= 15 is 0 Å². The Morgan fingerprint density at radius 1 is 0.889 bits per heavy atom. The Balaban J connectivity index is 1.63. The molecule has 0 amide bonds. The Kier molecular flexibility index (Phi) is 5.02. The highest BCUT2D eigenvalue weighted by molar-refractivity contribution is 9.10. The molecule has 1 aromatic heterocycles. The van der Waals surface area contributed by atoms with Crippen molar-refractivity contribution in [2.24, 2.45) is 15.3 Å². The second-order valence-corrected chi connectivity index (χ2v) is 6.50. The fourth-order valence-electron chi connectivity index (χ4n) is 2.37. The van der Waals surface area contributed by atoms with Crippen molar-refractivity contribution in [1.82, 2.24) is 4.98 Å². The SMILES string of the molecule is Brc1ccc(N/N=C(/N=Nc2nc3ccccc3o2)c2ccccc2)cc1. The van der Waals surface area contributed by atoms with Crippen LogP contribution < -0.4 is 5.43 Å². The van der Waals surface area contributed by atoms with E-state index in [2.05, 4.69) is 41.7 Å². The molecule has 0 fully saturated rings. The highest BCUT2D eigenvalue weighted by atomic mass is 79.9. The highest BCUT2D eigenvalue weighted by Crippen LogP contribution is 2.21. The minimum atomic E-state index is 0.184. The molecule has 132 valence electrons. The van der Waals surface area contributed by atoms with Crippen LogP contribution >= 0.6 is 15.9 Å². The van der Waals surface area contributed by atoms with Crippen LogP contribution in [-0.2, 0) is 0 Å². The quantitative estimate of drug-likeness (QED) is 0.186. The van der Waals surface area contributed by atoms with Crippen molar-refractivity contribution in [1.29, 1.82) is 0 Å². The number of para-hydroxylation sites is 2. The highest BCUT2D eigenvalue weighted by Gasteiger charge is 2.06. The minimum absolute atomic E-state index is 0.184. The van der Waals surface area contributed by atoms with Gasteiger partial charge in [0.05, 0.1) is 5.69 Å². The molecule has 27 heavy (non-hydrogen) atoms. The van der Waals surface area contributed by atoms with E-state index in [9.17, 15) is 0 Å². The number of aromatic nitrogens is 1. The molecule has 0 radical (unpaired) electrons. The van der Waals surface area contributed by atoms with Crippen LogP contribution in [0.1, 0.15) is 5.56 Å².